The van der Waals surface area contributed by atoms with E-state index in [0.717, 1.165) is 6.42 Å². The molecule has 2 fully saturated rings. The van der Waals surface area contributed by atoms with Gasteiger partial charge in [-0.15, -0.1) is 0 Å². The van der Waals surface area contributed by atoms with Gasteiger partial charge >= 0.3 is 11.9 Å². The highest BCUT2D eigenvalue weighted by molar-refractivity contribution is 6.27. The van der Waals surface area contributed by atoms with Crippen molar-refractivity contribution < 1.29 is 34.0 Å². The summed E-state index contributed by atoms with van der Waals surface area (Å²) in [7, 11) is 1.71. The highest BCUT2D eigenvalue weighted by atomic mass is 16.8. The average Bonchev–Trinajstić information content (AvgIpc) is 2.77. The number of carboxylic acids is 2. The number of nitrogens with two attached hydrogens (primary N) is 1. The van der Waals surface area contributed by atoms with Gasteiger partial charge in [-0.1, -0.05) is 0 Å². The summed E-state index contributed by atoms with van der Waals surface area (Å²) in [6.07, 6.45) is 1.09. The molecular formula is C12H21NO7. The van der Waals surface area contributed by atoms with Gasteiger partial charge in [0.2, 0.25) is 0 Å². The van der Waals surface area contributed by atoms with Crippen molar-refractivity contribution in [3.63, 3.8) is 0 Å². The van der Waals surface area contributed by atoms with Gasteiger partial charge in [0, 0.05) is 19.1 Å². The number of hydrogen-bond donors (Lipinski definition) is 3. The normalized spacial score (nSPS) is 34.0. The molecule has 20 heavy (non-hydrogen) atoms. The molecule has 0 aromatic rings. The lowest BCUT2D eigenvalue weighted by Gasteiger charge is -2.22. The molecule has 0 bridgehead atoms. The van der Waals surface area contributed by atoms with Crippen LogP contribution in [0.3, 0.4) is 0 Å². The van der Waals surface area contributed by atoms with Crippen molar-refractivity contribution in [2.45, 2.75) is 44.3 Å². The molecule has 1 saturated carbocycles. The molecule has 0 aromatic heterocycles. The predicted octanol–water partition coefficient (Wildman–Crippen LogP) is -0.344. The van der Waals surface area contributed by atoms with Crippen molar-refractivity contribution >= 4 is 11.9 Å². The first-order valence-electron chi connectivity index (χ1n) is 6.24. The Morgan fingerprint density at radius 2 is 1.75 bits per heavy atom. The Bertz CT molecular complexity index is 359. The molecule has 0 amide bonds. The van der Waals surface area contributed by atoms with Gasteiger partial charge in [0.05, 0.1) is 12.7 Å². The van der Waals surface area contributed by atoms with Crippen molar-refractivity contribution in [3.05, 3.63) is 0 Å². The molecule has 2 rings (SSSR count). The minimum absolute atomic E-state index is 0.0464. The molecular weight excluding hydrogens is 270 g/mol. The Kier molecular flexibility index (Phi) is 5.46. The molecule has 1 aliphatic heterocycles. The molecule has 8 heteroatoms. The van der Waals surface area contributed by atoms with Crippen LogP contribution in [0.2, 0.25) is 0 Å². The van der Waals surface area contributed by atoms with Crippen molar-refractivity contribution in [2.24, 2.45) is 11.7 Å². The van der Waals surface area contributed by atoms with E-state index in [2.05, 4.69) is 0 Å². The fraction of sp³-hybridized carbons (Fsp3) is 0.833. The third-order valence-corrected chi connectivity index (χ3v) is 3.19. The van der Waals surface area contributed by atoms with E-state index in [0.29, 0.717) is 12.5 Å². The van der Waals surface area contributed by atoms with Crippen LogP contribution in [-0.2, 0) is 23.8 Å². The number of rotatable bonds is 2. The molecule has 1 heterocycles. The SMILES string of the molecule is COC[C@H]1C[C@@H](N)[C@@H]2OC(C)(C)O[C@H]12.O=C(O)C(=O)O. The number of carbonyl (C=O) groups is 2. The highest BCUT2D eigenvalue weighted by Crippen LogP contribution is 2.40. The van der Waals surface area contributed by atoms with Gasteiger partial charge in [-0.05, 0) is 20.3 Å². The van der Waals surface area contributed by atoms with Crippen molar-refractivity contribution in [3.8, 4) is 0 Å². The highest BCUT2D eigenvalue weighted by Gasteiger charge is 2.52. The molecule has 0 radical (unpaired) electrons. The number of aliphatic carboxylic acids is 2. The first-order valence-corrected chi connectivity index (χ1v) is 6.24. The van der Waals surface area contributed by atoms with Crippen LogP contribution >= 0.6 is 0 Å². The zero-order valence-corrected chi connectivity index (χ0v) is 11.7. The summed E-state index contributed by atoms with van der Waals surface area (Å²) in [6, 6.07) is 0.0851. The number of hydrogen-bond acceptors (Lipinski definition) is 6. The van der Waals surface area contributed by atoms with E-state index in [4.69, 9.17) is 39.7 Å². The lowest BCUT2D eigenvalue weighted by atomic mass is 10.1. The van der Waals surface area contributed by atoms with Crippen LogP contribution in [0.1, 0.15) is 20.3 Å². The average molecular weight is 291 g/mol. The molecule has 1 aliphatic carbocycles. The van der Waals surface area contributed by atoms with Gasteiger partial charge in [-0.3, -0.25) is 0 Å². The molecule has 0 unspecified atom stereocenters. The van der Waals surface area contributed by atoms with E-state index in [1.165, 1.54) is 0 Å². The summed E-state index contributed by atoms with van der Waals surface area (Å²) in [4.78, 5) is 18.2. The van der Waals surface area contributed by atoms with Gasteiger partial charge < -0.3 is 30.2 Å². The molecule has 0 aromatic carbocycles. The number of fused-ring (bicyclic) bond motifs is 1. The van der Waals surface area contributed by atoms with Crippen molar-refractivity contribution in [1.82, 2.24) is 0 Å². The van der Waals surface area contributed by atoms with Crippen LogP contribution in [0, 0.1) is 5.92 Å². The maximum Gasteiger partial charge on any atom is 0.414 e. The van der Waals surface area contributed by atoms with E-state index < -0.39 is 17.7 Å². The first-order chi connectivity index (χ1) is 9.18. The van der Waals surface area contributed by atoms with Crippen LogP contribution in [0.15, 0.2) is 0 Å². The smallest absolute Gasteiger partial charge is 0.414 e. The molecule has 1 saturated heterocycles. The standard InChI is InChI=1S/C10H19NO3.C2H2O4/c1-10(2)13-8-6(5-12-3)4-7(11)9(8)14-10;3-1(4)2(5)6/h6-9H,4-5,11H2,1-3H3;(H,3,4)(H,5,6)/t6-,7-,8-,9+;/m1./s1. The van der Waals surface area contributed by atoms with E-state index in [1.807, 2.05) is 13.8 Å². The Morgan fingerprint density at radius 1 is 1.25 bits per heavy atom. The zero-order valence-electron chi connectivity index (χ0n) is 11.7. The van der Waals surface area contributed by atoms with Gasteiger partial charge in [-0.25, -0.2) is 9.59 Å². The second-order valence-corrected chi connectivity index (χ2v) is 5.29. The summed E-state index contributed by atoms with van der Waals surface area (Å²) in [6.45, 7) is 4.57. The summed E-state index contributed by atoms with van der Waals surface area (Å²) in [5.41, 5.74) is 6.00. The Labute approximate surface area is 116 Å². The third-order valence-electron chi connectivity index (χ3n) is 3.19. The Balaban J connectivity index is 0.000000286. The first kappa shape index (κ1) is 16.8. The summed E-state index contributed by atoms with van der Waals surface area (Å²) >= 11 is 0. The van der Waals surface area contributed by atoms with Crippen LogP contribution in [0.4, 0.5) is 0 Å². The van der Waals surface area contributed by atoms with E-state index in [9.17, 15) is 0 Å². The largest absolute Gasteiger partial charge is 0.473 e. The van der Waals surface area contributed by atoms with E-state index in [1.54, 1.807) is 7.11 Å². The van der Waals surface area contributed by atoms with Crippen LogP contribution in [-0.4, -0.2) is 59.9 Å². The lowest BCUT2D eigenvalue weighted by Crippen LogP contribution is -2.35. The summed E-state index contributed by atoms with van der Waals surface area (Å²) < 4.78 is 16.7. The predicted molar refractivity (Wildman–Crippen MR) is 67.1 cm³/mol. The van der Waals surface area contributed by atoms with Gasteiger partial charge in [0.25, 0.3) is 0 Å². The monoisotopic (exact) mass is 291 g/mol. The molecule has 4 atom stereocenters. The maximum absolute atomic E-state index is 9.10. The third kappa shape index (κ3) is 4.14. The minimum atomic E-state index is -1.82. The Morgan fingerprint density at radius 3 is 2.20 bits per heavy atom. The maximum atomic E-state index is 9.10. The summed E-state index contributed by atoms with van der Waals surface area (Å²) in [5.74, 6) is -3.76. The van der Waals surface area contributed by atoms with Crippen LogP contribution in [0.25, 0.3) is 0 Å². The van der Waals surface area contributed by atoms with Crippen LogP contribution in [0.5, 0.6) is 0 Å². The van der Waals surface area contributed by atoms with Gasteiger partial charge in [0.15, 0.2) is 5.79 Å². The summed E-state index contributed by atoms with van der Waals surface area (Å²) in [5, 5.41) is 14.8. The fourth-order valence-corrected chi connectivity index (χ4v) is 2.51. The van der Waals surface area contributed by atoms with Gasteiger partial charge in [0.1, 0.15) is 6.10 Å². The number of carboxylic acid groups (broad SMARTS) is 2. The molecule has 2 aliphatic rings. The quantitative estimate of drug-likeness (QED) is 0.589. The minimum Gasteiger partial charge on any atom is -0.473 e. The second-order valence-electron chi connectivity index (χ2n) is 5.29. The number of methoxy groups -OCH3 is 1. The molecule has 116 valence electrons. The molecule has 4 N–H and O–H groups in total. The van der Waals surface area contributed by atoms with Gasteiger partial charge in [-0.2, -0.15) is 0 Å². The van der Waals surface area contributed by atoms with E-state index in [-0.39, 0.29) is 18.2 Å². The Hall–Kier alpha value is -1.22. The molecule has 8 nitrogen and oxygen atoms in total. The topological polar surface area (TPSA) is 128 Å². The lowest BCUT2D eigenvalue weighted by molar-refractivity contribution is -0.159. The van der Waals surface area contributed by atoms with Crippen molar-refractivity contribution in [1.29, 1.82) is 0 Å². The molecule has 0 spiro atoms. The van der Waals surface area contributed by atoms with Crippen LogP contribution < -0.4 is 5.73 Å². The number of ether oxygens (including phenoxy) is 3. The van der Waals surface area contributed by atoms with Crippen molar-refractivity contribution in [2.75, 3.05) is 13.7 Å². The van der Waals surface area contributed by atoms with E-state index >= 15 is 0 Å². The zero-order chi connectivity index (χ0) is 15.5. The second kappa shape index (κ2) is 6.49. The fourth-order valence-electron chi connectivity index (χ4n) is 2.51.